The highest BCUT2D eigenvalue weighted by Crippen LogP contribution is 2.59. The first kappa shape index (κ1) is 37.3. The second kappa shape index (κ2) is 17.8. The third-order valence-electron chi connectivity index (χ3n) is 10.1. The number of rotatable bonds is 21. The summed E-state index contributed by atoms with van der Waals surface area (Å²) in [5, 5.41) is 12.2. The lowest BCUT2D eigenvalue weighted by atomic mass is 9.70. The number of nitrogens with zero attached hydrogens (tertiary/aromatic N) is 2. The van der Waals surface area contributed by atoms with Gasteiger partial charge in [-0.1, -0.05) is 75.1 Å². The second-order valence-electron chi connectivity index (χ2n) is 13.5. The van der Waals surface area contributed by atoms with Crippen molar-refractivity contribution in [3.8, 4) is 0 Å². The summed E-state index contributed by atoms with van der Waals surface area (Å²) < 4.78 is 12.9. The molecule has 1 aromatic rings. The number of allylic oxidation sites excluding steroid dienone is 1. The largest absolute Gasteiger partial charge is 0.455 e. The first-order valence-electron chi connectivity index (χ1n) is 17.9. The lowest BCUT2D eigenvalue weighted by molar-refractivity contribution is -0.162. The third kappa shape index (κ3) is 8.20. The molecule has 0 aliphatic carbocycles. The van der Waals surface area contributed by atoms with Crippen LogP contribution in [0.15, 0.2) is 55.6 Å². The number of hydrogen-bond donors (Lipinski definition) is 2. The molecule has 7 atom stereocenters. The molecule has 0 saturated carbocycles. The molecule has 3 saturated heterocycles. The molecule has 264 valence electrons. The minimum Gasteiger partial charge on any atom is -0.455 e. The Kier molecular flexibility index (Phi) is 13.8. The average molecular weight is 666 g/mol. The van der Waals surface area contributed by atoms with Crippen LogP contribution >= 0.6 is 0 Å². The number of carbonyl (C=O) groups excluding carboxylic acids is 4. The molecule has 2 bridgehead atoms. The van der Waals surface area contributed by atoms with Crippen LogP contribution in [0.4, 0.5) is 0 Å². The van der Waals surface area contributed by atoms with Crippen LogP contribution in [0.3, 0.4) is 0 Å². The van der Waals surface area contributed by atoms with Crippen molar-refractivity contribution in [3.05, 3.63) is 61.2 Å². The maximum atomic E-state index is 14.5. The van der Waals surface area contributed by atoms with Gasteiger partial charge in [0.25, 0.3) is 0 Å². The van der Waals surface area contributed by atoms with E-state index in [2.05, 4.69) is 25.4 Å². The fourth-order valence-corrected chi connectivity index (χ4v) is 7.80. The third-order valence-corrected chi connectivity index (χ3v) is 10.1. The minimum absolute atomic E-state index is 0.114. The molecule has 0 radical (unpaired) electrons. The predicted octanol–water partition coefficient (Wildman–Crippen LogP) is 4.87. The number of benzene rings is 1. The van der Waals surface area contributed by atoms with E-state index >= 15 is 0 Å². The molecule has 0 aromatic heterocycles. The molecule has 1 aromatic carbocycles. The van der Waals surface area contributed by atoms with Gasteiger partial charge in [-0.15, -0.1) is 13.2 Å². The lowest BCUT2D eigenvalue weighted by Gasteiger charge is -2.37. The average Bonchev–Trinajstić information content (AvgIpc) is 3.73. The van der Waals surface area contributed by atoms with Crippen LogP contribution in [0.2, 0.25) is 0 Å². The highest BCUT2D eigenvalue weighted by Gasteiger charge is 2.75. The van der Waals surface area contributed by atoms with Gasteiger partial charge in [0.15, 0.2) is 0 Å². The van der Waals surface area contributed by atoms with Crippen LogP contribution in [0.5, 0.6) is 0 Å². The molecule has 0 unspecified atom stereocenters. The summed E-state index contributed by atoms with van der Waals surface area (Å²) in [6, 6.07) is 7.89. The monoisotopic (exact) mass is 665 g/mol. The summed E-state index contributed by atoms with van der Waals surface area (Å²) in [4.78, 5) is 59.2. The van der Waals surface area contributed by atoms with Crippen molar-refractivity contribution in [1.82, 2.24) is 15.1 Å². The van der Waals surface area contributed by atoms with Crippen LogP contribution < -0.4 is 5.32 Å². The zero-order valence-electron chi connectivity index (χ0n) is 28.8. The van der Waals surface area contributed by atoms with E-state index in [1.165, 1.54) is 0 Å². The molecule has 3 aliphatic heterocycles. The smallest absolute Gasteiger partial charge is 0.313 e. The van der Waals surface area contributed by atoms with Crippen LogP contribution in [-0.4, -0.2) is 88.6 Å². The molecular weight excluding hydrogens is 610 g/mol. The van der Waals surface area contributed by atoms with E-state index in [0.717, 1.165) is 37.7 Å². The molecule has 48 heavy (non-hydrogen) atoms. The Morgan fingerprint density at radius 1 is 1.12 bits per heavy atom. The maximum Gasteiger partial charge on any atom is 0.313 e. The Morgan fingerprint density at radius 3 is 2.56 bits per heavy atom. The van der Waals surface area contributed by atoms with E-state index in [9.17, 15) is 24.3 Å². The number of aliphatic hydroxyl groups is 1. The summed E-state index contributed by atoms with van der Waals surface area (Å²) in [6.45, 7) is 12.9. The number of unbranched alkanes of at least 4 members (excludes halogenated alkanes) is 5. The van der Waals surface area contributed by atoms with Crippen LogP contribution in [-0.2, 0) is 28.7 Å². The Labute approximate surface area is 285 Å². The molecule has 2 N–H and O–H groups in total. The van der Waals surface area contributed by atoms with Gasteiger partial charge in [0.05, 0.1) is 24.0 Å². The van der Waals surface area contributed by atoms with E-state index in [1.807, 2.05) is 30.3 Å². The van der Waals surface area contributed by atoms with Crippen molar-refractivity contribution < 1.29 is 33.8 Å². The number of amides is 3. The highest BCUT2D eigenvalue weighted by atomic mass is 16.6. The van der Waals surface area contributed by atoms with E-state index in [0.29, 0.717) is 51.7 Å². The molecule has 3 fully saturated rings. The van der Waals surface area contributed by atoms with Gasteiger partial charge < -0.3 is 29.7 Å². The van der Waals surface area contributed by atoms with Gasteiger partial charge in [-0.3, -0.25) is 19.2 Å². The first-order valence-corrected chi connectivity index (χ1v) is 17.9. The topological polar surface area (TPSA) is 125 Å². The number of aliphatic hydroxyl groups excluding tert-OH is 1. The van der Waals surface area contributed by atoms with Gasteiger partial charge in [-0.25, -0.2) is 0 Å². The maximum absolute atomic E-state index is 14.5. The number of esters is 1. The number of likely N-dealkylation sites (tertiary alicyclic amines) is 1. The molecule has 3 aliphatic rings. The summed E-state index contributed by atoms with van der Waals surface area (Å²) in [7, 11) is 0. The predicted molar refractivity (Wildman–Crippen MR) is 183 cm³/mol. The number of fused-ring (bicyclic) bond motifs is 1. The van der Waals surface area contributed by atoms with Crippen LogP contribution in [0, 0.1) is 11.8 Å². The molecule has 10 nitrogen and oxygen atoms in total. The quantitative estimate of drug-likeness (QED) is 0.109. The lowest BCUT2D eigenvalue weighted by Crippen LogP contribution is -2.56. The van der Waals surface area contributed by atoms with Gasteiger partial charge in [0.2, 0.25) is 17.7 Å². The SMILES string of the molecule is C=CCCC(=O)N[C@H](C)[C@@H](OC(=O)[C@@H]1[C@H]2C(=O)N(CCCCCCO)[C@H](C(=O)N(CC=C)CCCCC)[C@]23CC[C@H]1O3)c1ccccc1. The van der Waals surface area contributed by atoms with E-state index < -0.39 is 47.7 Å². The van der Waals surface area contributed by atoms with Crippen molar-refractivity contribution in [2.24, 2.45) is 11.8 Å². The fraction of sp³-hybridized carbons (Fsp3) is 0.632. The molecule has 3 heterocycles. The van der Waals surface area contributed by atoms with Crippen molar-refractivity contribution in [3.63, 3.8) is 0 Å². The normalized spacial score (nSPS) is 25.3. The highest BCUT2D eigenvalue weighted by molar-refractivity contribution is 5.98. The Hall–Kier alpha value is -3.50. The Balaban J connectivity index is 1.62. The Morgan fingerprint density at radius 2 is 1.88 bits per heavy atom. The zero-order valence-corrected chi connectivity index (χ0v) is 28.8. The number of ether oxygens (including phenoxy) is 2. The standard InChI is InChI=1S/C38H55N3O7/c1-5-8-15-24-40(23-7-3)36(45)34-38-22-21-29(48-38)31(32(38)35(44)41(34)25-16-10-11-17-26-42)37(46)47-33(28-18-13-12-14-19-28)27(4)39-30(43)20-9-6-2/h6-7,12-14,18-19,27,29,31-34,42H,2-3,5,8-11,15-17,20-26H2,1,4H3,(H,39,43)/t27-,29-,31+,32+,33-,34-,38+/m1/s1. The van der Waals surface area contributed by atoms with E-state index in [1.54, 1.807) is 28.9 Å². The number of nitrogens with one attached hydrogen (secondary N) is 1. The summed E-state index contributed by atoms with van der Waals surface area (Å²) in [5.74, 6) is -2.85. The molecule has 3 amide bonds. The Bertz CT molecular complexity index is 1270. The molecule has 1 spiro atoms. The summed E-state index contributed by atoms with van der Waals surface area (Å²) in [5.41, 5.74) is -0.395. The second-order valence-corrected chi connectivity index (χ2v) is 13.5. The van der Waals surface area contributed by atoms with Crippen LogP contribution in [0.1, 0.15) is 96.1 Å². The number of hydrogen-bond acceptors (Lipinski definition) is 7. The molecular formula is C38H55N3O7. The van der Waals surface area contributed by atoms with E-state index in [4.69, 9.17) is 9.47 Å². The van der Waals surface area contributed by atoms with Gasteiger partial charge in [0, 0.05) is 32.7 Å². The van der Waals surface area contributed by atoms with Crippen LogP contribution in [0.25, 0.3) is 0 Å². The van der Waals surface area contributed by atoms with Gasteiger partial charge in [-0.2, -0.15) is 0 Å². The van der Waals surface area contributed by atoms with Gasteiger partial charge >= 0.3 is 5.97 Å². The minimum atomic E-state index is -1.12. The van der Waals surface area contributed by atoms with Crippen molar-refractivity contribution >= 4 is 23.7 Å². The van der Waals surface area contributed by atoms with Gasteiger partial charge in [0.1, 0.15) is 17.7 Å². The van der Waals surface area contributed by atoms with Crippen molar-refractivity contribution in [2.75, 3.05) is 26.2 Å². The molecule has 10 heteroatoms. The summed E-state index contributed by atoms with van der Waals surface area (Å²) >= 11 is 0. The molecule has 4 rings (SSSR count). The first-order chi connectivity index (χ1) is 23.2. The van der Waals surface area contributed by atoms with Crippen molar-refractivity contribution in [1.29, 1.82) is 0 Å². The van der Waals surface area contributed by atoms with Crippen molar-refractivity contribution in [2.45, 2.75) is 114 Å². The van der Waals surface area contributed by atoms with E-state index in [-0.39, 0.29) is 30.7 Å². The fourth-order valence-electron chi connectivity index (χ4n) is 7.80. The van der Waals surface area contributed by atoms with Gasteiger partial charge in [-0.05, 0) is 51.0 Å². The zero-order chi connectivity index (χ0) is 34.7. The summed E-state index contributed by atoms with van der Waals surface area (Å²) in [6.07, 6.45) is 9.72. The number of carbonyl (C=O) groups is 4.